The lowest BCUT2D eigenvalue weighted by molar-refractivity contribution is -0.148. The second-order valence-corrected chi connectivity index (χ2v) is 6.10. The maximum absolute atomic E-state index is 13.7. The zero-order valence-corrected chi connectivity index (χ0v) is 13.4. The molecule has 1 heterocycles. The van der Waals surface area contributed by atoms with Crippen LogP contribution in [0.2, 0.25) is 0 Å². The van der Waals surface area contributed by atoms with Gasteiger partial charge in [0.25, 0.3) is 5.91 Å². The molecule has 0 fully saturated rings. The zero-order chi connectivity index (χ0) is 17.1. The summed E-state index contributed by atoms with van der Waals surface area (Å²) < 4.78 is 19.2. The number of aryl methyl sites for hydroxylation is 1. The fourth-order valence-electron chi connectivity index (χ4n) is 2.48. The third-order valence-electron chi connectivity index (χ3n) is 3.58. The molecular formula is C17H20FNO4. The summed E-state index contributed by atoms with van der Waals surface area (Å²) in [5.74, 6) is -1.61. The third-order valence-corrected chi connectivity index (χ3v) is 3.58. The Balaban J connectivity index is 2.13. The van der Waals surface area contributed by atoms with E-state index < -0.39 is 23.7 Å². The van der Waals surface area contributed by atoms with E-state index in [-0.39, 0.29) is 24.0 Å². The first-order valence-corrected chi connectivity index (χ1v) is 7.46. The molecule has 1 N–H and O–H groups in total. The van der Waals surface area contributed by atoms with E-state index in [1.807, 2.05) is 13.8 Å². The molecule has 1 atom stereocenters. The van der Waals surface area contributed by atoms with E-state index in [2.05, 4.69) is 0 Å². The summed E-state index contributed by atoms with van der Waals surface area (Å²) in [6.45, 7) is 5.61. The average Bonchev–Trinajstić information content (AvgIpc) is 2.80. The molecule has 0 saturated carbocycles. The lowest BCUT2D eigenvalue weighted by Crippen LogP contribution is -2.43. The fourth-order valence-corrected chi connectivity index (χ4v) is 2.48. The van der Waals surface area contributed by atoms with Gasteiger partial charge in [-0.2, -0.15) is 0 Å². The van der Waals surface area contributed by atoms with E-state index in [0.717, 1.165) is 5.56 Å². The molecule has 0 saturated heterocycles. The van der Waals surface area contributed by atoms with Crippen LogP contribution < -0.4 is 4.74 Å². The lowest BCUT2D eigenvalue weighted by atomic mass is 10.0. The number of benzene rings is 1. The molecule has 5 nitrogen and oxygen atoms in total. The summed E-state index contributed by atoms with van der Waals surface area (Å²) in [6, 6.07) is 3.53. The van der Waals surface area contributed by atoms with Crippen molar-refractivity contribution in [3.05, 3.63) is 41.4 Å². The van der Waals surface area contributed by atoms with Gasteiger partial charge in [-0.1, -0.05) is 19.9 Å². The number of rotatable bonds is 6. The van der Waals surface area contributed by atoms with E-state index in [4.69, 9.17) is 4.74 Å². The standard InChI is InChI=1S/C17H20FNO4/c1-10(2)6-14(17(21)22)19-9-12(8-16(19)20)23-15-7-11(3)4-5-13(15)18/h4-5,7-8,10,14H,6,9H2,1-3H3,(H,21,22)/t14-/m0/s1. The van der Waals surface area contributed by atoms with Gasteiger partial charge in [-0.25, -0.2) is 9.18 Å². The first-order valence-electron chi connectivity index (χ1n) is 7.46. The highest BCUT2D eigenvalue weighted by Crippen LogP contribution is 2.25. The van der Waals surface area contributed by atoms with Gasteiger partial charge >= 0.3 is 5.97 Å². The molecule has 1 aliphatic heterocycles. The topological polar surface area (TPSA) is 66.8 Å². The SMILES string of the molecule is Cc1ccc(F)c(OC2=CC(=O)N([C@@H](CC(C)C)C(=O)O)C2)c1. The second kappa shape index (κ2) is 6.81. The number of hydrogen-bond acceptors (Lipinski definition) is 3. The largest absolute Gasteiger partial charge is 0.480 e. The molecule has 0 radical (unpaired) electrons. The predicted molar refractivity (Wildman–Crippen MR) is 82.4 cm³/mol. The van der Waals surface area contributed by atoms with Crippen molar-refractivity contribution >= 4 is 11.9 Å². The van der Waals surface area contributed by atoms with Crippen LogP contribution in [0.4, 0.5) is 4.39 Å². The van der Waals surface area contributed by atoms with Gasteiger partial charge in [-0.15, -0.1) is 0 Å². The van der Waals surface area contributed by atoms with E-state index in [9.17, 15) is 19.1 Å². The van der Waals surface area contributed by atoms with Gasteiger partial charge < -0.3 is 14.7 Å². The smallest absolute Gasteiger partial charge is 0.326 e. The van der Waals surface area contributed by atoms with Crippen molar-refractivity contribution in [2.45, 2.75) is 33.2 Å². The van der Waals surface area contributed by atoms with Crippen LogP contribution >= 0.6 is 0 Å². The Labute approximate surface area is 134 Å². The van der Waals surface area contributed by atoms with Crippen molar-refractivity contribution in [2.75, 3.05) is 6.54 Å². The molecule has 0 unspecified atom stereocenters. The molecule has 6 heteroatoms. The Bertz CT molecular complexity index is 654. The molecule has 124 valence electrons. The molecular weight excluding hydrogens is 301 g/mol. The maximum atomic E-state index is 13.7. The van der Waals surface area contributed by atoms with Crippen molar-refractivity contribution in [3.63, 3.8) is 0 Å². The molecule has 1 amide bonds. The highest BCUT2D eigenvalue weighted by Gasteiger charge is 2.34. The quantitative estimate of drug-likeness (QED) is 0.875. The van der Waals surface area contributed by atoms with Crippen LogP contribution in [0.25, 0.3) is 0 Å². The monoisotopic (exact) mass is 321 g/mol. The van der Waals surface area contributed by atoms with Crippen molar-refractivity contribution in [1.29, 1.82) is 0 Å². The van der Waals surface area contributed by atoms with E-state index >= 15 is 0 Å². The highest BCUT2D eigenvalue weighted by atomic mass is 19.1. The first kappa shape index (κ1) is 17.0. The van der Waals surface area contributed by atoms with Crippen LogP contribution in [-0.2, 0) is 9.59 Å². The van der Waals surface area contributed by atoms with Gasteiger partial charge in [-0.3, -0.25) is 4.79 Å². The average molecular weight is 321 g/mol. The Kier molecular flexibility index (Phi) is 5.03. The molecule has 0 aromatic heterocycles. The number of carbonyl (C=O) groups excluding carboxylic acids is 1. The number of ether oxygens (including phenoxy) is 1. The predicted octanol–water partition coefficient (Wildman–Crippen LogP) is 2.74. The Hall–Kier alpha value is -2.37. The number of carbonyl (C=O) groups is 2. The van der Waals surface area contributed by atoms with E-state index in [1.54, 1.807) is 13.0 Å². The van der Waals surface area contributed by atoms with Crippen LogP contribution in [0.3, 0.4) is 0 Å². The molecule has 0 aliphatic carbocycles. The van der Waals surface area contributed by atoms with Crippen molar-refractivity contribution in [1.82, 2.24) is 4.90 Å². The highest BCUT2D eigenvalue weighted by molar-refractivity contribution is 5.94. The van der Waals surface area contributed by atoms with Gasteiger partial charge in [0.1, 0.15) is 11.8 Å². The number of hydrogen-bond donors (Lipinski definition) is 1. The van der Waals surface area contributed by atoms with Crippen LogP contribution in [0.5, 0.6) is 5.75 Å². The van der Waals surface area contributed by atoms with Gasteiger partial charge in [0, 0.05) is 6.08 Å². The van der Waals surface area contributed by atoms with Gasteiger partial charge in [0.15, 0.2) is 11.6 Å². The Morgan fingerprint density at radius 1 is 1.43 bits per heavy atom. The Morgan fingerprint density at radius 2 is 2.13 bits per heavy atom. The van der Waals surface area contributed by atoms with Crippen LogP contribution in [0, 0.1) is 18.7 Å². The third kappa shape index (κ3) is 4.09. The normalized spacial score (nSPS) is 15.8. The molecule has 23 heavy (non-hydrogen) atoms. The Morgan fingerprint density at radius 3 is 2.74 bits per heavy atom. The van der Waals surface area contributed by atoms with Crippen LogP contribution in [0.1, 0.15) is 25.8 Å². The summed E-state index contributed by atoms with van der Waals surface area (Å²) in [4.78, 5) is 24.7. The molecule has 0 bridgehead atoms. The molecule has 2 rings (SSSR count). The lowest BCUT2D eigenvalue weighted by Gasteiger charge is -2.25. The zero-order valence-electron chi connectivity index (χ0n) is 13.4. The fraction of sp³-hybridized carbons (Fsp3) is 0.412. The second-order valence-electron chi connectivity index (χ2n) is 6.10. The van der Waals surface area contributed by atoms with Gasteiger partial charge in [-0.05, 0) is 37.0 Å². The number of nitrogens with zero attached hydrogens (tertiary/aromatic N) is 1. The molecule has 1 aromatic rings. The number of aliphatic carboxylic acids is 1. The molecule has 1 aromatic carbocycles. The van der Waals surface area contributed by atoms with Gasteiger partial charge in [0.2, 0.25) is 0 Å². The molecule has 1 aliphatic rings. The summed E-state index contributed by atoms with van der Waals surface area (Å²) in [5.41, 5.74) is 0.825. The summed E-state index contributed by atoms with van der Waals surface area (Å²) >= 11 is 0. The number of carboxylic acids is 1. The van der Waals surface area contributed by atoms with Crippen LogP contribution in [0.15, 0.2) is 30.0 Å². The minimum Gasteiger partial charge on any atom is -0.480 e. The van der Waals surface area contributed by atoms with Crippen LogP contribution in [-0.4, -0.2) is 34.5 Å². The number of carboxylic acid groups (broad SMARTS) is 1. The van der Waals surface area contributed by atoms with Crippen molar-refractivity contribution < 1.29 is 23.8 Å². The van der Waals surface area contributed by atoms with Gasteiger partial charge in [0.05, 0.1) is 6.54 Å². The minimum absolute atomic E-state index is 0.0237. The minimum atomic E-state index is -1.05. The number of halogens is 1. The van der Waals surface area contributed by atoms with Crippen molar-refractivity contribution in [3.8, 4) is 5.75 Å². The maximum Gasteiger partial charge on any atom is 0.326 e. The van der Waals surface area contributed by atoms with Crippen molar-refractivity contribution in [2.24, 2.45) is 5.92 Å². The summed E-state index contributed by atoms with van der Waals surface area (Å²) in [7, 11) is 0. The first-order chi connectivity index (χ1) is 10.8. The van der Waals surface area contributed by atoms with E-state index in [0.29, 0.717) is 6.42 Å². The van der Waals surface area contributed by atoms with E-state index in [1.165, 1.54) is 23.1 Å². The summed E-state index contributed by atoms with van der Waals surface area (Å²) in [5, 5.41) is 9.34. The number of amides is 1. The molecule has 0 spiro atoms. The summed E-state index contributed by atoms with van der Waals surface area (Å²) in [6.07, 6.45) is 1.57.